The van der Waals surface area contributed by atoms with E-state index in [2.05, 4.69) is 4.85 Å². The Morgan fingerprint density at radius 1 is 1.16 bits per heavy atom. The first kappa shape index (κ1) is 18.4. The molecule has 0 N–H and O–H groups in total. The summed E-state index contributed by atoms with van der Waals surface area (Å²) in [4.78, 5) is 19.2. The Balaban J connectivity index is 2.17. The number of nitrogens with zero attached hydrogens (tertiary/aromatic N) is 4. The van der Waals surface area contributed by atoms with E-state index in [0.717, 1.165) is 5.56 Å². The fraction of sp³-hybridized carbons (Fsp3) is 0.421. The summed E-state index contributed by atoms with van der Waals surface area (Å²) in [6.07, 6.45) is -0.330. The number of carbonyl (C=O) groups excluding carboxylic acids is 1. The zero-order valence-corrected chi connectivity index (χ0v) is 14.8. The molecule has 0 bridgehead atoms. The number of ether oxygens (including phenoxy) is 1. The Morgan fingerprint density at radius 2 is 1.72 bits per heavy atom. The minimum atomic E-state index is -0.526. The van der Waals surface area contributed by atoms with Gasteiger partial charge in [0.2, 0.25) is 0 Å². The van der Waals surface area contributed by atoms with E-state index in [0.29, 0.717) is 31.9 Å². The minimum Gasteiger partial charge on any atom is -0.444 e. The fourth-order valence-electron chi connectivity index (χ4n) is 2.64. The second-order valence-electron chi connectivity index (χ2n) is 6.74. The molecule has 0 atom stereocenters. The highest BCUT2D eigenvalue weighted by molar-refractivity contribution is 5.73. The number of hydrogen-bond donors (Lipinski definition) is 0. The lowest BCUT2D eigenvalue weighted by Crippen LogP contribution is -2.49. The van der Waals surface area contributed by atoms with Gasteiger partial charge in [0.05, 0.1) is 18.3 Å². The van der Waals surface area contributed by atoms with Crippen LogP contribution in [0.5, 0.6) is 0 Å². The Labute approximate surface area is 148 Å². The van der Waals surface area contributed by atoms with Crippen LogP contribution >= 0.6 is 0 Å². The molecule has 25 heavy (non-hydrogen) atoms. The van der Waals surface area contributed by atoms with Gasteiger partial charge in [-0.3, -0.25) is 0 Å². The molecule has 6 heteroatoms. The number of piperazine rings is 1. The first-order chi connectivity index (χ1) is 11.9. The van der Waals surface area contributed by atoms with Crippen LogP contribution in [0.25, 0.3) is 10.5 Å². The van der Waals surface area contributed by atoms with Crippen molar-refractivity contribution < 1.29 is 9.53 Å². The highest BCUT2D eigenvalue weighted by atomic mass is 16.6. The lowest BCUT2D eigenvalue weighted by atomic mass is 10.1. The lowest BCUT2D eigenvalue weighted by Gasteiger charge is -2.38. The van der Waals surface area contributed by atoms with Crippen LogP contribution in [-0.4, -0.2) is 47.7 Å². The van der Waals surface area contributed by atoms with E-state index in [9.17, 15) is 10.1 Å². The molecule has 2 rings (SSSR count). The second kappa shape index (κ2) is 7.72. The van der Waals surface area contributed by atoms with Gasteiger partial charge >= 0.3 is 6.09 Å². The van der Waals surface area contributed by atoms with Crippen LogP contribution in [0.2, 0.25) is 0 Å². The highest BCUT2D eigenvalue weighted by Crippen LogP contribution is 2.25. The van der Waals surface area contributed by atoms with Gasteiger partial charge < -0.3 is 14.5 Å². The van der Waals surface area contributed by atoms with E-state index in [-0.39, 0.29) is 11.8 Å². The summed E-state index contributed by atoms with van der Waals surface area (Å²) in [7, 11) is 0. The third-order valence-electron chi connectivity index (χ3n) is 3.74. The predicted molar refractivity (Wildman–Crippen MR) is 95.0 cm³/mol. The molecular weight excluding hydrogens is 316 g/mol. The summed E-state index contributed by atoms with van der Waals surface area (Å²) in [6.45, 7) is 14.9. The van der Waals surface area contributed by atoms with E-state index in [4.69, 9.17) is 11.3 Å². The van der Waals surface area contributed by atoms with Gasteiger partial charge in [0.1, 0.15) is 5.60 Å². The number of carbonyl (C=O) groups is 1. The van der Waals surface area contributed by atoms with E-state index in [1.165, 1.54) is 0 Å². The number of hydrogen-bond acceptors (Lipinski definition) is 4. The Bertz CT molecular complexity index is 711. The van der Waals surface area contributed by atoms with Crippen molar-refractivity contribution in [1.29, 1.82) is 5.26 Å². The smallest absolute Gasteiger partial charge is 0.410 e. The lowest BCUT2D eigenvalue weighted by molar-refractivity contribution is 0.0182. The van der Waals surface area contributed by atoms with Crippen LogP contribution in [0.1, 0.15) is 26.3 Å². The van der Waals surface area contributed by atoms with Crippen LogP contribution in [-0.2, 0) is 4.74 Å². The summed E-state index contributed by atoms with van der Waals surface area (Å²) in [6, 6.07) is 11.4. The van der Waals surface area contributed by atoms with Crippen molar-refractivity contribution in [2.45, 2.75) is 26.4 Å². The largest absolute Gasteiger partial charge is 0.444 e. The molecule has 1 saturated heterocycles. The number of rotatable bonds is 2. The summed E-state index contributed by atoms with van der Waals surface area (Å²) in [5.74, 6) is 0. The van der Waals surface area contributed by atoms with Gasteiger partial charge in [0, 0.05) is 26.2 Å². The average molecular weight is 338 g/mol. The summed E-state index contributed by atoms with van der Waals surface area (Å²) in [5.41, 5.74) is 1.00. The van der Waals surface area contributed by atoms with Crippen molar-refractivity contribution in [1.82, 2.24) is 9.80 Å². The van der Waals surface area contributed by atoms with Crippen LogP contribution in [0, 0.1) is 17.9 Å². The number of benzene rings is 1. The molecule has 6 nitrogen and oxygen atoms in total. The van der Waals surface area contributed by atoms with Crippen LogP contribution < -0.4 is 0 Å². The van der Waals surface area contributed by atoms with Gasteiger partial charge in [-0.15, -0.1) is 0 Å². The molecule has 1 fully saturated rings. The molecule has 0 saturated carbocycles. The number of nitriles is 1. The van der Waals surface area contributed by atoms with Crippen molar-refractivity contribution in [3.8, 4) is 6.07 Å². The topological polar surface area (TPSA) is 60.9 Å². The van der Waals surface area contributed by atoms with E-state index in [1.54, 1.807) is 4.90 Å². The first-order valence-corrected chi connectivity index (χ1v) is 8.16. The molecule has 1 aliphatic rings. The quantitative estimate of drug-likeness (QED) is 0.613. The molecule has 1 aliphatic heterocycles. The van der Waals surface area contributed by atoms with Crippen molar-refractivity contribution in [2.24, 2.45) is 0 Å². The summed E-state index contributed by atoms with van der Waals surface area (Å²) >= 11 is 0. The molecule has 1 amide bonds. The van der Waals surface area contributed by atoms with Gasteiger partial charge in [-0.2, -0.15) is 0 Å². The third-order valence-corrected chi connectivity index (χ3v) is 3.74. The minimum absolute atomic E-state index is 0.0666. The molecule has 1 aromatic rings. The second-order valence-corrected chi connectivity index (χ2v) is 6.74. The zero-order valence-electron chi connectivity index (χ0n) is 14.8. The van der Waals surface area contributed by atoms with Gasteiger partial charge in [-0.25, -0.2) is 14.9 Å². The Morgan fingerprint density at radius 3 is 2.20 bits per heavy atom. The van der Waals surface area contributed by atoms with Crippen LogP contribution in [0.4, 0.5) is 4.79 Å². The third kappa shape index (κ3) is 4.74. The molecule has 1 aromatic carbocycles. The fourth-order valence-corrected chi connectivity index (χ4v) is 2.64. The SMILES string of the molecule is [C-]#[N+]/C(C#N)=C(/c1ccccc1)N1CCN(C(=O)OC(C)(C)C)CC1. The zero-order chi connectivity index (χ0) is 18.4. The van der Waals surface area contributed by atoms with Gasteiger partial charge in [-0.1, -0.05) is 30.3 Å². The Hall–Kier alpha value is -2.99. The van der Waals surface area contributed by atoms with E-state index >= 15 is 0 Å². The molecule has 1 heterocycles. The van der Waals surface area contributed by atoms with Crippen molar-refractivity contribution >= 4 is 11.8 Å². The molecular formula is C19H22N4O2. The monoisotopic (exact) mass is 338 g/mol. The van der Waals surface area contributed by atoms with Gasteiger partial charge in [0.25, 0.3) is 5.70 Å². The number of amides is 1. The van der Waals surface area contributed by atoms with Gasteiger partial charge in [0.15, 0.2) is 0 Å². The molecule has 0 radical (unpaired) electrons. The van der Waals surface area contributed by atoms with Crippen molar-refractivity contribution in [2.75, 3.05) is 26.2 Å². The Kier molecular flexibility index (Phi) is 5.67. The summed E-state index contributed by atoms with van der Waals surface area (Å²) in [5, 5.41) is 9.32. The normalized spacial score (nSPS) is 15.7. The van der Waals surface area contributed by atoms with Crippen LogP contribution in [0.3, 0.4) is 0 Å². The maximum Gasteiger partial charge on any atom is 0.410 e. The van der Waals surface area contributed by atoms with E-state index in [1.807, 2.05) is 62.1 Å². The number of allylic oxidation sites excluding steroid dienone is 1. The standard InChI is InChI=1S/C19H22N4O2/c1-19(2,3)25-18(24)23-12-10-22(11-13-23)17(16(14-20)21-4)15-8-6-5-7-9-15/h5-9H,10-13H2,1-3H3/b17-16-. The molecule has 0 aliphatic carbocycles. The maximum atomic E-state index is 12.2. The van der Waals surface area contributed by atoms with E-state index < -0.39 is 5.60 Å². The molecule has 0 spiro atoms. The predicted octanol–water partition coefficient (Wildman–Crippen LogP) is 3.35. The average Bonchev–Trinajstić information content (AvgIpc) is 2.59. The van der Waals surface area contributed by atoms with Crippen molar-refractivity contribution in [3.63, 3.8) is 0 Å². The molecule has 130 valence electrons. The first-order valence-electron chi connectivity index (χ1n) is 8.16. The summed E-state index contributed by atoms with van der Waals surface area (Å²) < 4.78 is 5.40. The maximum absolute atomic E-state index is 12.2. The highest BCUT2D eigenvalue weighted by Gasteiger charge is 2.28. The molecule has 0 aromatic heterocycles. The van der Waals surface area contributed by atoms with Crippen molar-refractivity contribution in [3.05, 3.63) is 53.0 Å². The van der Waals surface area contributed by atoms with Crippen LogP contribution in [0.15, 0.2) is 36.0 Å². The molecule has 0 unspecified atom stereocenters. The van der Waals surface area contributed by atoms with Gasteiger partial charge in [-0.05, 0) is 26.3 Å².